The van der Waals surface area contributed by atoms with Crippen molar-refractivity contribution in [2.75, 3.05) is 18.0 Å². The molecule has 0 amide bonds. The van der Waals surface area contributed by atoms with Crippen LogP contribution in [0, 0.1) is 5.92 Å². The highest BCUT2D eigenvalue weighted by molar-refractivity contribution is 6.30. The molecule has 3 heterocycles. The lowest BCUT2D eigenvalue weighted by Gasteiger charge is -2.16. The molecule has 2 atom stereocenters. The Kier molecular flexibility index (Phi) is 3.80. The molecule has 1 N–H and O–H groups in total. The summed E-state index contributed by atoms with van der Waals surface area (Å²) < 4.78 is 0. The van der Waals surface area contributed by atoms with E-state index in [-0.39, 0.29) is 12.0 Å². The minimum atomic E-state index is -0.380. The van der Waals surface area contributed by atoms with Gasteiger partial charge in [-0.3, -0.25) is 9.97 Å². The number of hydrogen-bond acceptors (Lipinski definition) is 5. The van der Waals surface area contributed by atoms with Crippen molar-refractivity contribution in [2.45, 2.75) is 12.5 Å². The second kappa shape index (κ2) is 5.73. The number of aliphatic hydroxyl groups is 1. The van der Waals surface area contributed by atoms with Gasteiger partial charge in [-0.05, 0) is 18.6 Å². The first-order valence-electron chi connectivity index (χ1n) is 6.52. The monoisotopic (exact) mass is 290 g/mol. The van der Waals surface area contributed by atoms with Gasteiger partial charge in [0.05, 0.1) is 16.8 Å². The number of nitrogens with zero attached hydrogens (tertiary/aromatic N) is 4. The number of aliphatic hydroxyl groups excluding tert-OH is 1. The molecule has 3 rings (SSSR count). The Morgan fingerprint density at radius 1 is 1.20 bits per heavy atom. The van der Waals surface area contributed by atoms with Crippen LogP contribution in [0.2, 0.25) is 5.02 Å². The van der Waals surface area contributed by atoms with E-state index in [1.807, 2.05) is 12.1 Å². The van der Waals surface area contributed by atoms with Crippen molar-refractivity contribution in [3.8, 4) is 0 Å². The molecule has 0 aromatic carbocycles. The van der Waals surface area contributed by atoms with Gasteiger partial charge in [-0.2, -0.15) is 0 Å². The van der Waals surface area contributed by atoms with Gasteiger partial charge in [-0.1, -0.05) is 11.6 Å². The fourth-order valence-electron chi connectivity index (χ4n) is 2.50. The van der Waals surface area contributed by atoms with E-state index in [1.165, 1.54) is 0 Å². The number of pyridine rings is 1. The minimum absolute atomic E-state index is 0.143. The normalized spacial score (nSPS) is 22.2. The molecular weight excluding hydrogens is 276 g/mol. The van der Waals surface area contributed by atoms with Gasteiger partial charge in [0.25, 0.3) is 0 Å². The number of aromatic nitrogens is 3. The predicted molar refractivity (Wildman–Crippen MR) is 76.7 cm³/mol. The standard InChI is InChI=1S/C14H15ClN4O/c15-11-1-2-14(18-6-11)19-8-10(13(20)9-19)5-12-7-16-3-4-17-12/h1-4,6-7,10,13,20H,5,8-9H2/t10-,13-/m1/s1. The third kappa shape index (κ3) is 2.89. The van der Waals surface area contributed by atoms with Gasteiger partial charge in [0, 0.05) is 43.8 Å². The first kappa shape index (κ1) is 13.3. The zero-order valence-electron chi connectivity index (χ0n) is 10.9. The maximum Gasteiger partial charge on any atom is 0.128 e. The van der Waals surface area contributed by atoms with Crippen molar-refractivity contribution >= 4 is 17.4 Å². The second-order valence-electron chi connectivity index (χ2n) is 4.97. The molecule has 0 bridgehead atoms. The SMILES string of the molecule is O[C@@H]1CN(c2ccc(Cl)cn2)C[C@H]1Cc1cnccn1. The van der Waals surface area contributed by atoms with E-state index in [9.17, 15) is 5.11 Å². The molecule has 5 nitrogen and oxygen atoms in total. The van der Waals surface area contributed by atoms with Crippen molar-refractivity contribution in [2.24, 2.45) is 5.92 Å². The van der Waals surface area contributed by atoms with Gasteiger partial charge in [0.2, 0.25) is 0 Å². The molecule has 6 heteroatoms. The molecule has 2 aromatic heterocycles. The third-order valence-electron chi connectivity index (χ3n) is 3.53. The molecule has 0 aliphatic carbocycles. The molecule has 0 spiro atoms. The molecule has 1 aliphatic rings. The molecule has 20 heavy (non-hydrogen) atoms. The van der Waals surface area contributed by atoms with Crippen LogP contribution < -0.4 is 4.90 Å². The Labute approximate surface area is 122 Å². The highest BCUT2D eigenvalue weighted by Crippen LogP contribution is 2.25. The van der Waals surface area contributed by atoms with Gasteiger partial charge in [0.1, 0.15) is 5.82 Å². The van der Waals surface area contributed by atoms with Crippen LogP contribution >= 0.6 is 11.6 Å². The first-order chi connectivity index (χ1) is 9.72. The second-order valence-corrected chi connectivity index (χ2v) is 5.40. The Hall–Kier alpha value is -1.72. The zero-order valence-corrected chi connectivity index (χ0v) is 11.6. The van der Waals surface area contributed by atoms with Crippen LogP contribution in [-0.2, 0) is 6.42 Å². The maximum atomic E-state index is 10.2. The third-order valence-corrected chi connectivity index (χ3v) is 3.75. The van der Waals surface area contributed by atoms with Crippen molar-refractivity contribution < 1.29 is 5.11 Å². The van der Waals surface area contributed by atoms with Crippen LogP contribution in [0.15, 0.2) is 36.9 Å². The smallest absolute Gasteiger partial charge is 0.128 e. The lowest BCUT2D eigenvalue weighted by Crippen LogP contribution is -2.21. The summed E-state index contributed by atoms with van der Waals surface area (Å²) in [7, 11) is 0. The van der Waals surface area contributed by atoms with Gasteiger partial charge >= 0.3 is 0 Å². The Morgan fingerprint density at radius 2 is 2.10 bits per heavy atom. The summed E-state index contributed by atoms with van der Waals surface area (Å²) in [4.78, 5) is 14.7. The lowest BCUT2D eigenvalue weighted by atomic mass is 10.0. The number of rotatable bonds is 3. The highest BCUT2D eigenvalue weighted by Gasteiger charge is 2.32. The van der Waals surface area contributed by atoms with E-state index in [2.05, 4.69) is 19.9 Å². The van der Waals surface area contributed by atoms with Crippen LogP contribution in [-0.4, -0.2) is 39.3 Å². The summed E-state index contributed by atoms with van der Waals surface area (Å²) in [5, 5.41) is 10.8. The molecule has 0 unspecified atom stereocenters. The Morgan fingerprint density at radius 3 is 2.80 bits per heavy atom. The Balaban J connectivity index is 1.69. The van der Waals surface area contributed by atoms with Gasteiger partial charge in [0.15, 0.2) is 0 Å². The number of anilines is 1. The molecule has 104 valence electrons. The van der Waals surface area contributed by atoms with Crippen molar-refractivity contribution in [3.63, 3.8) is 0 Å². The first-order valence-corrected chi connectivity index (χ1v) is 6.89. The van der Waals surface area contributed by atoms with Gasteiger partial charge < -0.3 is 10.0 Å². The fraction of sp³-hybridized carbons (Fsp3) is 0.357. The van der Waals surface area contributed by atoms with E-state index < -0.39 is 0 Å². The molecule has 1 aliphatic heterocycles. The summed E-state index contributed by atoms with van der Waals surface area (Å²) in [6, 6.07) is 3.69. The quantitative estimate of drug-likeness (QED) is 0.929. The molecule has 0 saturated carbocycles. The molecule has 0 radical (unpaired) electrons. The van der Waals surface area contributed by atoms with Crippen LogP contribution in [0.3, 0.4) is 0 Å². The highest BCUT2D eigenvalue weighted by atomic mass is 35.5. The molecular formula is C14H15ClN4O. The van der Waals surface area contributed by atoms with E-state index in [1.54, 1.807) is 24.8 Å². The van der Waals surface area contributed by atoms with Gasteiger partial charge in [-0.15, -0.1) is 0 Å². The summed E-state index contributed by atoms with van der Waals surface area (Å²) in [5.41, 5.74) is 0.905. The van der Waals surface area contributed by atoms with Crippen molar-refractivity contribution in [1.29, 1.82) is 0 Å². The van der Waals surface area contributed by atoms with E-state index in [0.29, 0.717) is 11.6 Å². The summed E-state index contributed by atoms with van der Waals surface area (Å²) in [6.07, 6.45) is 7.04. The number of hydrogen-bond donors (Lipinski definition) is 1. The fourth-order valence-corrected chi connectivity index (χ4v) is 2.61. The number of β-amino-alcohol motifs (C(OH)–C–C–N with tert-alkyl or cyclic N) is 1. The van der Waals surface area contributed by atoms with Crippen LogP contribution in [0.25, 0.3) is 0 Å². The van der Waals surface area contributed by atoms with Crippen molar-refractivity contribution in [1.82, 2.24) is 15.0 Å². The van der Waals surface area contributed by atoms with Crippen molar-refractivity contribution in [3.05, 3.63) is 47.6 Å². The van der Waals surface area contributed by atoms with E-state index >= 15 is 0 Å². The average Bonchev–Trinajstić information content (AvgIpc) is 2.82. The van der Waals surface area contributed by atoms with E-state index in [4.69, 9.17) is 11.6 Å². The number of halogens is 1. The van der Waals surface area contributed by atoms with Crippen LogP contribution in [0.1, 0.15) is 5.69 Å². The molecule has 1 fully saturated rings. The van der Waals surface area contributed by atoms with E-state index in [0.717, 1.165) is 24.5 Å². The summed E-state index contributed by atoms with van der Waals surface area (Å²) in [6.45, 7) is 1.34. The van der Waals surface area contributed by atoms with Crippen LogP contribution in [0.5, 0.6) is 0 Å². The molecule has 1 saturated heterocycles. The topological polar surface area (TPSA) is 62.1 Å². The summed E-state index contributed by atoms with van der Waals surface area (Å²) >= 11 is 5.84. The molecule has 2 aromatic rings. The van der Waals surface area contributed by atoms with Crippen LogP contribution in [0.4, 0.5) is 5.82 Å². The average molecular weight is 291 g/mol. The predicted octanol–water partition coefficient (Wildman–Crippen LogP) is 1.56. The lowest BCUT2D eigenvalue weighted by molar-refractivity contribution is 0.147. The Bertz CT molecular complexity index is 563. The largest absolute Gasteiger partial charge is 0.391 e. The zero-order chi connectivity index (χ0) is 13.9. The van der Waals surface area contributed by atoms with Gasteiger partial charge in [-0.25, -0.2) is 4.98 Å². The maximum absolute atomic E-state index is 10.2. The summed E-state index contributed by atoms with van der Waals surface area (Å²) in [5.74, 6) is 0.985. The minimum Gasteiger partial charge on any atom is -0.391 e.